The standard InChI is InChI=1S/C13H14N6/c1-9-4-3-5-14-11(9)7-15-12-10-6-18-19(2)13(10)17-8-16-12/h3-6,8H,7H2,1-2H3,(H,15,16,17). The summed E-state index contributed by atoms with van der Waals surface area (Å²) in [5, 5.41) is 8.39. The van der Waals surface area contributed by atoms with E-state index in [1.807, 2.05) is 26.1 Å². The monoisotopic (exact) mass is 254 g/mol. The Hall–Kier alpha value is -2.50. The summed E-state index contributed by atoms with van der Waals surface area (Å²) in [7, 11) is 1.86. The molecule has 0 aliphatic heterocycles. The van der Waals surface area contributed by atoms with E-state index < -0.39 is 0 Å². The Labute approximate surface area is 110 Å². The van der Waals surface area contributed by atoms with Crippen LogP contribution in [-0.4, -0.2) is 24.7 Å². The molecule has 6 heteroatoms. The van der Waals surface area contributed by atoms with E-state index in [-0.39, 0.29) is 0 Å². The zero-order valence-electron chi connectivity index (χ0n) is 10.8. The molecule has 0 aliphatic carbocycles. The molecule has 0 unspecified atom stereocenters. The van der Waals surface area contributed by atoms with Crippen LogP contribution in [0, 0.1) is 6.92 Å². The van der Waals surface area contributed by atoms with E-state index in [1.165, 1.54) is 6.33 Å². The number of aromatic nitrogens is 5. The SMILES string of the molecule is Cc1cccnc1CNc1ncnc2c1cnn2C. The molecule has 0 bridgehead atoms. The Bertz CT molecular complexity index is 718. The molecular formula is C13H14N6. The number of rotatable bonds is 3. The number of fused-ring (bicyclic) bond motifs is 1. The van der Waals surface area contributed by atoms with Crippen LogP contribution >= 0.6 is 0 Å². The molecule has 0 aliphatic rings. The summed E-state index contributed by atoms with van der Waals surface area (Å²) in [6.07, 6.45) is 5.10. The Morgan fingerprint density at radius 3 is 3.00 bits per heavy atom. The van der Waals surface area contributed by atoms with Gasteiger partial charge >= 0.3 is 0 Å². The molecule has 1 N–H and O–H groups in total. The molecule has 3 heterocycles. The first-order valence-electron chi connectivity index (χ1n) is 6.03. The van der Waals surface area contributed by atoms with Crippen molar-refractivity contribution in [1.29, 1.82) is 0 Å². The highest BCUT2D eigenvalue weighted by Crippen LogP contribution is 2.18. The summed E-state index contributed by atoms with van der Waals surface area (Å²) in [6.45, 7) is 2.68. The van der Waals surface area contributed by atoms with Crippen LogP contribution in [0.3, 0.4) is 0 Å². The molecule has 6 nitrogen and oxygen atoms in total. The predicted molar refractivity (Wildman–Crippen MR) is 72.6 cm³/mol. The summed E-state index contributed by atoms with van der Waals surface area (Å²) in [6, 6.07) is 3.98. The Kier molecular flexibility index (Phi) is 2.83. The fraction of sp³-hybridized carbons (Fsp3) is 0.231. The van der Waals surface area contributed by atoms with Crippen molar-refractivity contribution < 1.29 is 0 Å². The van der Waals surface area contributed by atoms with Crippen LogP contribution in [0.25, 0.3) is 11.0 Å². The second kappa shape index (κ2) is 4.64. The summed E-state index contributed by atoms with van der Waals surface area (Å²) >= 11 is 0. The van der Waals surface area contributed by atoms with Crippen molar-refractivity contribution >= 4 is 16.9 Å². The molecule has 0 saturated carbocycles. The number of hydrogen-bond donors (Lipinski definition) is 1. The van der Waals surface area contributed by atoms with Crippen LogP contribution in [0.2, 0.25) is 0 Å². The lowest BCUT2D eigenvalue weighted by molar-refractivity contribution is 0.785. The lowest BCUT2D eigenvalue weighted by Gasteiger charge is -2.07. The quantitative estimate of drug-likeness (QED) is 0.770. The zero-order chi connectivity index (χ0) is 13.2. The van der Waals surface area contributed by atoms with Gasteiger partial charge in [0.05, 0.1) is 23.8 Å². The second-order valence-corrected chi connectivity index (χ2v) is 4.35. The van der Waals surface area contributed by atoms with Gasteiger partial charge < -0.3 is 5.32 Å². The van der Waals surface area contributed by atoms with Crippen molar-refractivity contribution in [2.45, 2.75) is 13.5 Å². The van der Waals surface area contributed by atoms with E-state index in [4.69, 9.17) is 0 Å². The van der Waals surface area contributed by atoms with Gasteiger partial charge in [-0.15, -0.1) is 0 Å². The molecule has 0 spiro atoms. The van der Waals surface area contributed by atoms with Gasteiger partial charge in [0, 0.05) is 13.2 Å². The van der Waals surface area contributed by atoms with Crippen LogP contribution in [0.5, 0.6) is 0 Å². The Balaban J connectivity index is 1.88. The average Bonchev–Trinajstić information content (AvgIpc) is 2.81. The first kappa shape index (κ1) is 11.6. The maximum Gasteiger partial charge on any atom is 0.163 e. The number of pyridine rings is 1. The van der Waals surface area contributed by atoms with Crippen molar-refractivity contribution in [3.05, 3.63) is 42.1 Å². The Morgan fingerprint density at radius 2 is 2.16 bits per heavy atom. The zero-order valence-corrected chi connectivity index (χ0v) is 10.8. The van der Waals surface area contributed by atoms with E-state index in [9.17, 15) is 0 Å². The molecule has 3 rings (SSSR count). The van der Waals surface area contributed by atoms with Crippen LogP contribution in [0.15, 0.2) is 30.9 Å². The number of hydrogen-bond acceptors (Lipinski definition) is 5. The number of nitrogens with one attached hydrogen (secondary N) is 1. The third-order valence-corrected chi connectivity index (χ3v) is 3.07. The Morgan fingerprint density at radius 1 is 1.26 bits per heavy atom. The average molecular weight is 254 g/mol. The molecule has 19 heavy (non-hydrogen) atoms. The highest BCUT2D eigenvalue weighted by molar-refractivity contribution is 5.85. The van der Waals surface area contributed by atoms with Crippen molar-refractivity contribution in [1.82, 2.24) is 24.7 Å². The lowest BCUT2D eigenvalue weighted by Crippen LogP contribution is -2.05. The minimum atomic E-state index is 0.633. The van der Waals surface area contributed by atoms with Gasteiger partial charge in [0.15, 0.2) is 5.65 Å². The van der Waals surface area contributed by atoms with E-state index in [0.717, 1.165) is 28.1 Å². The predicted octanol–water partition coefficient (Wildman–Crippen LogP) is 1.68. The smallest absolute Gasteiger partial charge is 0.163 e. The minimum Gasteiger partial charge on any atom is -0.364 e. The van der Waals surface area contributed by atoms with Crippen LogP contribution < -0.4 is 5.32 Å². The third kappa shape index (κ3) is 2.12. The van der Waals surface area contributed by atoms with Gasteiger partial charge in [0.25, 0.3) is 0 Å². The largest absolute Gasteiger partial charge is 0.364 e. The second-order valence-electron chi connectivity index (χ2n) is 4.35. The van der Waals surface area contributed by atoms with Crippen LogP contribution in [0.1, 0.15) is 11.3 Å². The van der Waals surface area contributed by atoms with Crippen LogP contribution in [-0.2, 0) is 13.6 Å². The molecular weight excluding hydrogens is 240 g/mol. The number of nitrogens with zero attached hydrogens (tertiary/aromatic N) is 5. The molecule has 3 aromatic rings. The van der Waals surface area contributed by atoms with E-state index in [0.29, 0.717) is 6.54 Å². The molecule has 0 aromatic carbocycles. The maximum absolute atomic E-state index is 4.35. The van der Waals surface area contributed by atoms with Crippen LogP contribution in [0.4, 0.5) is 5.82 Å². The normalized spacial score (nSPS) is 10.8. The topological polar surface area (TPSA) is 68.5 Å². The summed E-state index contributed by atoms with van der Waals surface area (Å²) < 4.78 is 1.73. The third-order valence-electron chi connectivity index (χ3n) is 3.07. The first-order valence-corrected chi connectivity index (χ1v) is 6.03. The molecule has 0 saturated heterocycles. The van der Waals surface area contributed by atoms with E-state index in [2.05, 4.69) is 25.4 Å². The molecule has 3 aromatic heterocycles. The summed E-state index contributed by atoms with van der Waals surface area (Å²) in [5.41, 5.74) is 2.99. The van der Waals surface area contributed by atoms with Crippen molar-refractivity contribution in [2.75, 3.05) is 5.32 Å². The van der Waals surface area contributed by atoms with Gasteiger partial charge in [-0.25, -0.2) is 9.97 Å². The fourth-order valence-electron chi connectivity index (χ4n) is 1.97. The van der Waals surface area contributed by atoms with Gasteiger partial charge in [0.2, 0.25) is 0 Å². The van der Waals surface area contributed by atoms with E-state index >= 15 is 0 Å². The van der Waals surface area contributed by atoms with Crippen molar-refractivity contribution in [3.8, 4) is 0 Å². The fourth-order valence-corrected chi connectivity index (χ4v) is 1.97. The summed E-state index contributed by atoms with van der Waals surface area (Å²) in [5.74, 6) is 0.781. The highest BCUT2D eigenvalue weighted by Gasteiger charge is 2.07. The molecule has 0 radical (unpaired) electrons. The lowest BCUT2D eigenvalue weighted by atomic mass is 10.2. The van der Waals surface area contributed by atoms with Gasteiger partial charge in [0.1, 0.15) is 12.1 Å². The van der Waals surface area contributed by atoms with Gasteiger partial charge in [-0.05, 0) is 18.6 Å². The molecule has 96 valence electrons. The van der Waals surface area contributed by atoms with Gasteiger partial charge in [-0.3, -0.25) is 9.67 Å². The van der Waals surface area contributed by atoms with Crippen molar-refractivity contribution in [3.63, 3.8) is 0 Å². The first-order chi connectivity index (χ1) is 9.25. The number of aryl methyl sites for hydroxylation is 2. The molecule has 0 amide bonds. The maximum atomic E-state index is 4.35. The molecule has 0 atom stereocenters. The van der Waals surface area contributed by atoms with Crippen molar-refractivity contribution in [2.24, 2.45) is 7.05 Å². The highest BCUT2D eigenvalue weighted by atomic mass is 15.3. The van der Waals surface area contributed by atoms with Gasteiger partial charge in [-0.2, -0.15) is 5.10 Å². The summed E-state index contributed by atoms with van der Waals surface area (Å²) in [4.78, 5) is 12.8. The molecule has 0 fully saturated rings. The minimum absolute atomic E-state index is 0.633. The number of anilines is 1. The van der Waals surface area contributed by atoms with E-state index in [1.54, 1.807) is 17.1 Å². The van der Waals surface area contributed by atoms with Gasteiger partial charge in [-0.1, -0.05) is 6.07 Å².